The van der Waals surface area contributed by atoms with Gasteiger partial charge in [-0.25, -0.2) is 4.98 Å². The predicted molar refractivity (Wildman–Crippen MR) is 55.9 cm³/mol. The Morgan fingerprint density at radius 3 is 3.14 bits per heavy atom. The molecule has 1 heterocycles. The Labute approximate surface area is 87.8 Å². The van der Waals surface area contributed by atoms with Crippen molar-refractivity contribution >= 4 is 11.8 Å². The van der Waals surface area contributed by atoms with E-state index in [0.717, 1.165) is 10.6 Å². The van der Waals surface area contributed by atoms with Crippen LogP contribution in [0.5, 0.6) is 0 Å². The monoisotopic (exact) mass is 208 g/mol. The van der Waals surface area contributed by atoms with Gasteiger partial charge in [0, 0.05) is 23.5 Å². The van der Waals surface area contributed by atoms with Crippen LogP contribution in [0.1, 0.15) is 12.6 Å². The first-order valence-electron chi connectivity index (χ1n) is 4.36. The van der Waals surface area contributed by atoms with Gasteiger partial charge < -0.3 is 5.11 Å². The molecule has 1 unspecified atom stereocenters. The SMILES string of the molecule is CC(CO)CSc1ccnc(C#N)c1. The quantitative estimate of drug-likeness (QED) is 0.765. The highest BCUT2D eigenvalue weighted by atomic mass is 32.2. The van der Waals surface area contributed by atoms with Crippen LogP contribution in [0.3, 0.4) is 0 Å². The third kappa shape index (κ3) is 3.36. The first kappa shape index (κ1) is 11.0. The van der Waals surface area contributed by atoms with Crippen molar-refractivity contribution in [1.29, 1.82) is 5.26 Å². The molecule has 0 bridgehead atoms. The van der Waals surface area contributed by atoms with Crippen molar-refractivity contribution in [2.24, 2.45) is 5.92 Å². The molecule has 1 rings (SSSR count). The van der Waals surface area contributed by atoms with Gasteiger partial charge in [-0.15, -0.1) is 11.8 Å². The van der Waals surface area contributed by atoms with Crippen LogP contribution in [0.25, 0.3) is 0 Å². The lowest BCUT2D eigenvalue weighted by Crippen LogP contribution is -2.03. The van der Waals surface area contributed by atoms with Crippen LogP contribution in [0.15, 0.2) is 23.2 Å². The van der Waals surface area contributed by atoms with Gasteiger partial charge in [-0.05, 0) is 18.1 Å². The van der Waals surface area contributed by atoms with Crippen LogP contribution in [0.4, 0.5) is 0 Å². The van der Waals surface area contributed by atoms with E-state index in [2.05, 4.69) is 4.98 Å². The Morgan fingerprint density at radius 2 is 2.50 bits per heavy atom. The normalized spacial score (nSPS) is 12.1. The third-order valence-corrected chi connectivity index (χ3v) is 3.02. The number of nitrogens with zero attached hydrogens (tertiary/aromatic N) is 2. The molecule has 4 heteroatoms. The minimum Gasteiger partial charge on any atom is -0.396 e. The fourth-order valence-electron chi connectivity index (χ4n) is 0.853. The topological polar surface area (TPSA) is 56.9 Å². The number of pyridine rings is 1. The molecule has 0 saturated heterocycles. The molecular weight excluding hydrogens is 196 g/mol. The number of aliphatic hydroxyl groups is 1. The lowest BCUT2D eigenvalue weighted by Gasteiger charge is -2.06. The standard InChI is InChI=1S/C10H12N2OS/c1-8(6-13)7-14-10-2-3-12-9(4-10)5-11/h2-4,8,13H,6-7H2,1H3. The summed E-state index contributed by atoms with van der Waals surface area (Å²) in [7, 11) is 0. The Kier molecular flexibility index (Phi) is 4.44. The number of nitriles is 1. The van der Waals surface area contributed by atoms with Crippen molar-refractivity contribution in [3.8, 4) is 6.07 Å². The predicted octanol–water partition coefficient (Wildman–Crippen LogP) is 1.67. The van der Waals surface area contributed by atoms with E-state index in [0.29, 0.717) is 5.69 Å². The van der Waals surface area contributed by atoms with E-state index in [-0.39, 0.29) is 12.5 Å². The molecule has 0 fully saturated rings. The average Bonchev–Trinajstić information content (AvgIpc) is 2.26. The molecule has 1 aromatic rings. The van der Waals surface area contributed by atoms with Crippen LogP contribution in [-0.2, 0) is 0 Å². The molecule has 1 N–H and O–H groups in total. The van der Waals surface area contributed by atoms with Crippen molar-refractivity contribution in [2.75, 3.05) is 12.4 Å². The van der Waals surface area contributed by atoms with Crippen LogP contribution in [-0.4, -0.2) is 22.5 Å². The van der Waals surface area contributed by atoms with Gasteiger partial charge in [0.15, 0.2) is 0 Å². The molecule has 0 saturated carbocycles. The summed E-state index contributed by atoms with van der Waals surface area (Å²) in [6.45, 7) is 2.18. The summed E-state index contributed by atoms with van der Waals surface area (Å²) in [5.41, 5.74) is 0.437. The van der Waals surface area contributed by atoms with Gasteiger partial charge in [-0.2, -0.15) is 5.26 Å². The van der Waals surface area contributed by atoms with Gasteiger partial charge >= 0.3 is 0 Å². The number of thioether (sulfide) groups is 1. The summed E-state index contributed by atoms with van der Waals surface area (Å²) in [6, 6.07) is 5.62. The lowest BCUT2D eigenvalue weighted by molar-refractivity contribution is 0.250. The van der Waals surface area contributed by atoms with E-state index in [4.69, 9.17) is 10.4 Å². The molecule has 0 aliphatic carbocycles. The maximum absolute atomic E-state index is 8.84. The summed E-state index contributed by atoms with van der Waals surface area (Å²) < 4.78 is 0. The van der Waals surface area contributed by atoms with Gasteiger partial charge in [0.05, 0.1) is 0 Å². The smallest absolute Gasteiger partial charge is 0.141 e. The molecule has 3 nitrogen and oxygen atoms in total. The maximum atomic E-state index is 8.84. The van der Waals surface area contributed by atoms with Crippen molar-refractivity contribution in [2.45, 2.75) is 11.8 Å². The highest BCUT2D eigenvalue weighted by molar-refractivity contribution is 7.99. The molecule has 0 spiro atoms. The van der Waals surface area contributed by atoms with Gasteiger partial charge in [0.25, 0.3) is 0 Å². The van der Waals surface area contributed by atoms with Gasteiger partial charge in [0.2, 0.25) is 0 Å². The minimum atomic E-state index is 0.198. The van der Waals surface area contributed by atoms with E-state index >= 15 is 0 Å². The highest BCUT2D eigenvalue weighted by Crippen LogP contribution is 2.20. The molecule has 0 amide bonds. The second kappa shape index (κ2) is 5.63. The van der Waals surface area contributed by atoms with Crippen molar-refractivity contribution in [3.63, 3.8) is 0 Å². The van der Waals surface area contributed by atoms with Crippen molar-refractivity contribution in [3.05, 3.63) is 24.0 Å². The van der Waals surface area contributed by atoms with Gasteiger partial charge in [0.1, 0.15) is 11.8 Å². The first-order chi connectivity index (χ1) is 6.76. The highest BCUT2D eigenvalue weighted by Gasteiger charge is 2.02. The molecule has 0 aliphatic heterocycles. The number of rotatable bonds is 4. The lowest BCUT2D eigenvalue weighted by atomic mass is 10.2. The third-order valence-electron chi connectivity index (χ3n) is 1.69. The summed E-state index contributed by atoms with van der Waals surface area (Å²) in [5, 5.41) is 17.5. The molecule has 0 aromatic carbocycles. The Balaban J connectivity index is 2.55. The van der Waals surface area contributed by atoms with E-state index in [1.165, 1.54) is 0 Å². The molecular formula is C10H12N2OS. The molecule has 1 aromatic heterocycles. The number of aromatic nitrogens is 1. The molecule has 74 valence electrons. The molecule has 0 aliphatic rings. The largest absolute Gasteiger partial charge is 0.396 e. The molecule has 0 radical (unpaired) electrons. The zero-order valence-electron chi connectivity index (χ0n) is 7.97. The van der Waals surface area contributed by atoms with Gasteiger partial charge in [-0.1, -0.05) is 6.92 Å². The Morgan fingerprint density at radius 1 is 1.71 bits per heavy atom. The zero-order valence-corrected chi connectivity index (χ0v) is 8.79. The second-order valence-corrected chi connectivity index (χ2v) is 4.18. The Hall–Kier alpha value is -1.05. The second-order valence-electron chi connectivity index (χ2n) is 3.09. The van der Waals surface area contributed by atoms with Crippen LogP contribution in [0, 0.1) is 17.2 Å². The van der Waals surface area contributed by atoms with Crippen LogP contribution >= 0.6 is 11.8 Å². The zero-order chi connectivity index (χ0) is 10.4. The summed E-state index contributed by atoms with van der Waals surface area (Å²) in [6.07, 6.45) is 1.63. The molecule has 1 atom stereocenters. The van der Waals surface area contributed by atoms with Crippen LogP contribution < -0.4 is 0 Å². The number of aliphatic hydroxyl groups excluding tert-OH is 1. The summed E-state index contributed by atoms with van der Waals surface area (Å²) >= 11 is 1.63. The Bertz CT molecular complexity index is 335. The maximum Gasteiger partial charge on any atom is 0.141 e. The average molecular weight is 208 g/mol. The van der Waals surface area contributed by atoms with Crippen LogP contribution in [0.2, 0.25) is 0 Å². The van der Waals surface area contributed by atoms with Crippen molar-refractivity contribution < 1.29 is 5.11 Å². The summed E-state index contributed by atoms with van der Waals surface area (Å²) in [4.78, 5) is 4.91. The fourth-order valence-corrected chi connectivity index (χ4v) is 1.79. The van der Waals surface area contributed by atoms with E-state index < -0.39 is 0 Å². The first-order valence-corrected chi connectivity index (χ1v) is 5.34. The fraction of sp³-hybridized carbons (Fsp3) is 0.400. The summed E-state index contributed by atoms with van der Waals surface area (Å²) in [5.74, 6) is 1.13. The van der Waals surface area contributed by atoms with E-state index in [9.17, 15) is 0 Å². The van der Waals surface area contributed by atoms with Gasteiger partial charge in [-0.3, -0.25) is 0 Å². The van der Waals surface area contributed by atoms with Crippen molar-refractivity contribution in [1.82, 2.24) is 4.98 Å². The molecule has 14 heavy (non-hydrogen) atoms. The van der Waals surface area contributed by atoms with E-state index in [1.807, 2.05) is 19.1 Å². The number of hydrogen-bond acceptors (Lipinski definition) is 4. The number of hydrogen-bond donors (Lipinski definition) is 1. The van der Waals surface area contributed by atoms with E-state index in [1.54, 1.807) is 24.0 Å². The minimum absolute atomic E-state index is 0.198.